The Hall–Kier alpha value is -2.48. The van der Waals surface area contributed by atoms with Crippen molar-refractivity contribution in [1.29, 1.82) is 0 Å². The van der Waals surface area contributed by atoms with E-state index in [-0.39, 0.29) is 11.3 Å². The fourth-order valence-electron chi connectivity index (χ4n) is 4.39. The Kier molecular flexibility index (Phi) is 6.01. The molecule has 8 heteroatoms. The van der Waals surface area contributed by atoms with Gasteiger partial charge in [-0.3, -0.25) is 4.90 Å². The molecule has 4 rings (SSSR count). The Balaban J connectivity index is 1.43. The van der Waals surface area contributed by atoms with E-state index < -0.39 is 6.36 Å². The van der Waals surface area contributed by atoms with Crippen molar-refractivity contribution in [2.45, 2.75) is 51.6 Å². The maximum Gasteiger partial charge on any atom is 0.573 e. The number of anilines is 2. The average molecular weight is 435 g/mol. The predicted octanol–water partition coefficient (Wildman–Crippen LogP) is 5.03. The van der Waals surface area contributed by atoms with Gasteiger partial charge in [0.25, 0.3) is 0 Å². The van der Waals surface area contributed by atoms with Gasteiger partial charge in [-0.2, -0.15) is 0 Å². The Morgan fingerprint density at radius 2 is 1.71 bits per heavy atom. The Labute approximate surface area is 181 Å². The van der Waals surface area contributed by atoms with Gasteiger partial charge in [0.1, 0.15) is 11.6 Å². The molecule has 168 valence electrons. The minimum Gasteiger partial charge on any atom is -0.406 e. The first kappa shape index (κ1) is 21.7. The maximum absolute atomic E-state index is 12.4. The highest BCUT2D eigenvalue weighted by Crippen LogP contribution is 2.32. The number of benzene rings is 1. The fourth-order valence-corrected chi connectivity index (χ4v) is 4.39. The lowest BCUT2D eigenvalue weighted by Crippen LogP contribution is -2.39. The van der Waals surface area contributed by atoms with Crippen molar-refractivity contribution >= 4 is 11.5 Å². The molecule has 0 aliphatic carbocycles. The minimum absolute atomic E-state index is 0.0737. The summed E-state index contributed by atoms with van der Waals surface area (Å²) < 4.78 is 41.2. The van der Waals surface area contributed by atoms with E-state index >= 15 is 0 Å². The predicted molar refractivity (Wildman–Crippen MR) is 115 cm³/mol. The van der Waals surface area contributed by atoms with Gasteiger partial charge < -0.3 is 14.5 Å². The molecule has 2 fully saturated rings. The van der Waals surface area contributed by atoms with Crippen LogP contribution in [0.15, 0.2) is 42.6 Å². The highest BCUT2D eigenvalue weighted by atomic mass is 19.4. The summed E-state index contributed by atoms with van der Waals surface area (Å²) >= 11 is 0. The number of halogens is 3. The van der Waals surface area contributed by atoms with Crippen LogP contribution in [0.3, 0.4) is 0 Å². The normalized spacial score (nSPS) is 19.6. The summed E-state index contributed by atoms with van der Waals surface area (Å²) in [6.45, 7) is 8.80. The molecule has 2 aliphatic rings. The summed E-state index contributed by atoms with van der Waals surface area (Å²) in [5.74, 6) is 0.847. The van der Waals surface area contributed by atoms with Crippen molar-refractivity contribution < 1.29 is 17.9 Å². The van der Waals surface area contributed by atoms with Gasteiger partial charge in [-0.25, -0.2) is 4.98 Å². The van der Waals surface area contributed by atoms with Crippen molar-refractivity contribution in [2.24, 2.45) is 0 Å². The van der Waals surface area contributed by atoms with Crippen molar-refractivity contribution in [3.05, 3.63) is 48.2 Å². The number of piperidine rings is 1. The van der Waals surface area contributed by atoms with Gasteiger partial charge in [0.2, 0.25) is 0 Å². The number of nitrogens with zero attached hydrogens (tertiary/aromatic N) is 4. The minimum atomic E-state index is -4.68. The van der Waals surface area contributed by atoms with Crippen molar-refractivity contribution in [1.82, 2.24) is 9.88 Å². The summed E-state index contributed by atoms with van der Waals surface area (Å²) in [4.78, 5) is 11.5. The van der Waals surface area contributed by atoms with E-state index in [4.69, 9.17) is 0 Å². The van der Waals surface area contributed by atoms with Gasteiger partial charge in [0.05, 0.1) is 6.67 Å². The van der Waals surface area contributed by atoms with Crippen molar-refractivity contribution in [3.8, 4) is 5.75 Å². The average Bonchev–Trinajstić information content (AvgIpc) is 3.02. The Bertz CT molecular complexity index is 879. The SMILES string of the molecule is CC1(C)CN(c2ccc(OC(F)(F)F)cc2)CN1Cc1ccnc(N2CCCCC2)c1. The van der Waals surface area contributed by atoms with E-state index in [1.807, 2.05) is 6.20 Å². The molecule has 0 atom stereocenters. The lowest BCUT2D eigenvalue weighted by Gasteiger charge is -2.31. The molecule has 5 nitrogen and oxygen atoms in total. The van der Waals surface area contributed by atoms with Crippen LogP contribution in [0.2, 0.25) is 0 Å². The third-order valence-corrected chi connectivity index (χ3v) is 6.07. The second-order valence-corrected chi connectivity index (χ2v) is 8.96. The molecular weight excluding hydrogens is 405 g/mol. The molecule has 1 aromatic carbocycles. The van der Waals surface area contributed by atoms with E-state index in [0.717, 1.165) is 37.7 Å². The molecule has 0 amide bonds. The molecule has 0 saturated carbocycles. The molecule has 0 N–H and O–H groups in total. The molecule has 31 heavy (non-hydrogen) atoms. The van der Waals surface area contributed by atoms with E-state index in [9.17, 15) is 13.2 Å². The molecule has 1 aromatic heterocycles. The van der Waals surface area contributed by atoms with Gasteiger partial charge in [0.15, 0.2) is 0 Å². The van der Waals surface area contributed by atoms with Crippen LogP contribution in [0.25, 0.3) is 0 Å². The number of hydrogen-bond acceptors (Lipinski definition) is 5. The molecule has 3 heterocycles. The van der Waals surface area contributed by atoms with Crippen molar-refractivity contribution in [3.63, 3.8) is 0 Å². The zero-order valence-electron chi connectivity index (χ0n) is 18.0. The van der Waals surface area contributed by atoms with E-state index in [0.29, 0.717) is 6.67 Å². The quantitative estimate of drug-likeness (QED) is 0.659. The topological polar surface area (TPSA) is 31.8 Å². The third-order valence-electron chi connectivity index (χ3n) is 6.07. The third kappa shape index (κ3) is 5.42. The van der Waals surface area contributed by atoms with Gasteiger partial charge >= 0.3 is 6.36 Å². The zero-order valence-corrected chi connectivity index (χ0v) is 18.0. The van der Waals surface area contributed by atoms with Crippen LogP contribution in [-0.4, -0.2) is 48.1 Å². The van der Waals surface area contributed by atoms with Crippen LogP contribution < -0.4 is 14.5 Å². The monoisotopic (exact) mass is 434 g/mol. The van der Waals surface area contributed by atoms with E-state index in [1.165, 1.54) is 37.0 Å². The Morgan fingerprint density at radius 1 is 1.00 bits per heavy atom. The van der Waals surface area contributed by atoms with Gasteiger partial charge in [-0.1, -0.05) is 0 Å². The number of aromatic nitrogens is 1. The number of pyridine rings is 1. The van der Waals surface area contributed by atoms with E-state index in [2.05, 4.69) is 50.4 Å². The lowest BCUT2D eigenvalue weighted by atomic mass is 10.0. The van der Waals surface area contributed by atoms with Gasteiger partial charge in [0, 0.05) is 43.6 Å². The number of hydrogen-bond donors (Lipinski definition) is 0. The summed E-state index contributed by atoms with van der Waals surface area (Å²) in [5.41, 5.74) is 2.03. The second-order valence-electron chi connectivity index (χ2n) is 8.96. The molecular formula is C23H29F3N4O. The van der Waals surface area contributed by atoms with Crippen LogP contribution in [0.4, 0.5) is 24.7 Å². The molecule has 2 aromatic rings. The van der Waals surface area contributed by atoms with Crippen LogP contribution >= 0.6 is 0 Å². The molecule has 0 radical (unpaired) electrons. The highest BCUT2D eigenvalue weighted by Gasteiger charge is 2.37. The number of ether oxygens (including phenoxy) is 1. The zero-order chi connectivity index (χ0) is 22.1. The summed E-state index contributed by atoms with van der Waals surface area (Å²) in [6, 6.07) is 10.4. The van der Waals surface area contributed by atoms with Crippen LogP contribution in [0.1, 0.15) is 38.7 Å². The maximum atomic E-state index is 12.4. The summed E-state index contributed by atoms with van der Waals surface area (Å²) in [7, 11) is 0. The molecule has 0 spiro atoms. The van der Waals surface area contributed by atoms with E-state index in [1.54, 1.807) is 12.1 Å². The summed E-state index contributed by atoms with van der Waals surface area (Å²) in [6.07, 6.45) is 0.933. The standard InChI is InChI=1S/C23H29F3N4O/c1-22(2)16-29(19-6-8-20(9-7-19)31-23(24,25)26)17-30(22)15-18-10-11-27-21(14-18)28-12-4-3-5-13-28/h6-11,14H,3-5,12-13,15-17H2,1-2H3. The van der Waals surface area contributed by atoms with Gasteiger partial charge in [-0.05, 0) is 75.1 Å². The van der Waals surface area contributed by atoms with Crippen LogP contribution in [0.5, 0.6) is 5.75 Å². The van der Waals surface area contributed by atoms with Crippen molar-refractivity contribution in [2.75, 3.05) is 36.1 Å². The molecule has 2 saturated heterocycles. The molecule has 0 unspecified atom stereocenters. The van der Waals surface area contributed by atoms with Crippen LogP contribution in [-0.2, 0) is 6.54 Å². The Morgan fingerprint density at radius 3 is 2.39 bits per heavy atom. The first-order chi connectivity index (χ1) is 14.7. The summed E-state index contributed by atoms with van der Waals surface area (Å²) in [5, 5.41) is 0. The second kappa shape index (κ2) is 8.57. The number of alkyl halides is 3. The molecule has 2 aliphatic heterocycles. The first-order valence-corrected chi connectivity index (χ1v) is 10.8. The lowest BCUT2D eigenvalue weighted by molar-refractivity contribution is -0.274. The smallest absolute Gasteiger partial charge is 0.406 e. The highest BCUT2D eigenvalue weighted by molar-refractivity contribution is 5.50. The van der Waals surface area contributed by atoms with Crippen LogP contribution in [0, 0.1) is 0 Å². The first-order valence-electron chi connectivity index (χ1n) is 10.8. The molecule has 0 bridgehead atoms. The van der Waals surface area contributed by atoms with Gasteiger partial charge in [-0.15, -0.1) is 13.2 Å². The largest absolute Gasteiger partial charge is 0.573 e. The fraction of sp³-hybridized carbons (Fsp3) is 0.522. The number of rotatable bonds is 5.